The molecule has 0 unspecified atom stereocenters. The van der Waals surface area contributed by atoms with Crippen molar-refractivity contribution in [2.75, 3.05) is 6.66 Å². The fraction of sp³-hybridized carbons (Fsp3) is 0.333. The van der Waals surface area contributed by atoms with E-state index in [-0.39, 0.29) is 15.9 Å². The van der Waals surface area contributed by atoms with E-state index in [4.69, 9.17) is 4.57 Å². The second kappa shape index (κ2) is 9.32. The molecule has 1 aromatic rings. The largest absolute Gasteiger partial charge is 0.275 e. The maximum atomic E-state index is 8.90. The average molecular weight is 170 g/mol. The lowest BCUT2D eigenvalue weighted by atomic mass is 10.2. The molecule has 2 heteroatoms. The third kappa shape index (κ3) is 9.32. The molecule has 0 aromatic heterocycles. The van der Waals surface area contributed by atoms with Gasteiger partial charge in [0, 0.05) is 6.66 Å². The van der Waals surface area contributed by atoms with Crippen LogP contribution in [0.3, 0.4) is 0 Å². The zero-order chi connectivity index (χ0) is 7.82. The van der Waals surface area contributed by atoms with Crippen LogP contribution in [0.1, 0.15) is 13.0 Å². The maximum absolute atomic E-state index is 8.90. The fourth-order valence-electron chi connectivity index (χ4n) is 0.534. The summed E-state index contributed by atoms with van der Waals surface area (Å²) in [7, 11) is 0.167. The first-order chi connectivity index (χ1) is 4.81. The monoisotopic (exact) mass is 170 g/mol. The minimum Gasteiger partial charge on any atom is -0.275 e. The Morgan fingerprint density at radius 1 is 1.18 bits per heavy atom. The topological polar surface area (TPSA) is 17.1 Å². The highest BCUT2D eigenvalue weighted by atomic mass is 31.1. The average Bonchev–Trinajstić information content (AvgIpc) is 1.91. The van der Waals surface area contributed by atoms with Gasteiger partial charge in [-0.2, -0.15) is 0 Å². The van der Waals surface area contributed by atoms with Crippen LogP contribution in [0.15, 0.2) is 30.3 Å². The van der Waals surface area contributed by atoms with Crippen molar-refractivity contribution in [1.82, 2.24) is 0 Å². The van der Waals surface area contributed by atoms with E-state index in [0.717, 1.165) is 0 Å². The highest BCUT2D eigenvalue weighted by molar-refractivity contribution is 7.22. The molecule has 0 saturated heterocycles. The van der Waals surface area contributed by atoms with Gasteiger partial charge in [0.15, 0.2) is 8.46 Å². The van der Waals surface area contributed by atoms with Crippen LogP contribution in [0.5, 0.6) is 0 Å². The first-order valence-electron chi connectivity index (χ1n) is 3.04. The van der Waals surface area contributed by atoms with Crippen LogP contribution in [0, 0.1) is 6.92 Å². The quantitative estimate of drug-likeness (QED) is 0.544. The normalized spacial score (nSPS) is 7.45. The number of rotatable bonds is 0. The Kier molecular flexibility index (Phi) is 11.0. The molecular formula is C9H15OP. The molecule has 0 fully saturated rings. The van der Waals surface area contributed by atoms with Crippen LogP contribution in [-0.2, 0) is 4.57 Å². The Morgan fingerprint density at radius 3 is 1.73 bits per heavy atom. The van der Waals surface area contributed by atoms with Crippen molar-refractivity contribution in [3.63, 3.8) is 0 Å². The summed E-state index contributed by atoms with van der Waals surface area (Å²) < 4.78 is 8.90. The minimum absolute atomic E-state index is 0. The van der Waals surface area contributed by atoms with Crippen molar-refractivity contribution < 1.29 is 4.57 Å². The van der Waals surface area contributed by atoms with Crippen molar-refractivity contribution in [1.29, 1.82) is 0 Å². The molecule has 0 amide bonds. The Balaban J connectivity index is 0. The van der Waals surface area contributed by atoms with Gasteiger partial charge in [-0.1, -0.05) is 43.3 Å². The lowest BCUT2D eigenvalue weighted by molar-refractivity contribution is 0.601. The van der Waals surface area contributed by atoms with E-state index >= 15 is 0 Å². The SMILES string of the molecule is C.CP=O.Cc1ccccc1. The summed E-state index contributed by atoms with van der Waals surface area (Å²) >= 11 is 0. The Labute approximate surface area is 70.7 Å². The molecule has 1 nitrogen and oxygen atoms in total. The number of hydrogen-bond acceptors (Lipinski definition) is 1. The summed E-state index contributed by atoms with van der Waals surface area (Å²) in [6.45, 7) is 3.62. The molecule has 0 radical (unpaired) electrons. The number of benzene rings is 1. The van der Waals surface area contributed by atoms with Crippen molar-refractivity contribution in [3.05, 3.63) is 35.9 Å². The summed E-state index contributed by atoms with van der Waals surface area (Å²) in [6.07, 6.45) is 0. The number of hydrogen-bond donors (Lipinski definition) is 0. The molecule has 0 saturated carbocycles. The van der Waals surface area contributed by atoms with Gasteiger partial charge in [-0.15, -0.1) is 0 Å². The molecule has 0 aliphatic rings. The van der Waals surface area contributed by atoms with Gasteiger partial charge in [-0.25, -0.2) is 0 Å². The Morgan fingerprint density at radius 2 is 1.55 bits per heavy atom. The first-order valence-corrected chi connectivity index (χ1v) is 4.30. The van der Waals surface area contributed by atoms with E-state index in [1.165, 1.54) is 5.56 Å². The zero-order valence-corrected chi connectivity index (χ0v) is 7.14. The van der Waals surface area contributed by atoms with Crippen molar-refractivity contribution >= 4 is 8.46 Å². The summed E-state index contributed by atoms with van der Waals surface area (Å²) in [5, 5.41) is 0. The third-order valence-electron chi connectivity index (χ3n) is 0.940. The molecule has 0 atom stereocenters. The van der Waals surface area contributed by atoms with Gasteiger partial charge < -0.3 is 0 Å². The predicted molar refractivity (Wildman–Crippen MR) is 51.4 cm³/mol. The van der Waals surface area contributed by atoms with Crippen LogP contribution >= 0.6 is 8.46 Å². The third-order valence-corrected chi connectivity index (χ3v) is 0.940. The second-order valence-electron chi connectivity index (χ2n) is 1.84. The summed E-state index contributed by atoms with van der Waals surface area (Å²) in [5.41, 5.74) is 1.32. The second-order valence-corrected chi connectivity index (χ2v) is 2.20. The summed E-state index contributed by atoms with van der Waals surface area (Å²) in [6, 6.07) is 10.3. The van der Waals surface area contributed by atoms with Gasteiger partial charge in [0.25, 0.3) is 0 Å². The molecule has 0 heterocycles. The van der Waals surface area contributed by atoms with E-state index in [9.17, 15) is 0 Å². The van der Waals surface area contributed by atoms with Gasteiger partial charge in [0.2, 0.25) is 0 Å². The first kappa shape index (κ1) is 12.9. The number of aryl methyl sites for hydroxylation is 1. The molecule has 0 spiro atoms. The van der Waals surface area contributed by atoms with Crippen LogP contribution in [0.4, 0.5) is 0 Å². The van der Waals surface area contributed by atoms with E-state index < -0.39 is 0 Å². The van der Waals surface area contributed by atoms with E-state index in [1.807, 2.05) is 18.2 Å². The molecule has 0 bridgehead atoms. The molecule has 0 aliphatic carbocycles. The molecule has 1 rings (SSSR count). The van der Waals surface area contributed by atoms with Crippen LogP contribution in [0.25, 0.3) is 0 Å². The summed E-state index contributed by atoms with van der Waals surface area (Å²) in [4.78, 5) is 0. The fourth-order valence-corrected chi connectivity index (χ4v) is 0.534. The van der Waals surface area contributed by atoms with Gasteiger partial charge in [0.05, 0.1) is 0 Å². The van der Waals surface area contributed by atoms with Crippen molar-refractivity contribution in [2.24, 2.45) is 0 Å². The van der Waals surface area contributed by atoms with Gasteiger partial charge in [-0.05, 0) is 6.92 Å². The van der Waals surface area contributed by atoms with Gasteiger partial charge >= 0.3 is 0 Å². The van der Waals surface area contributed by atoms with E-state index in [2.05, 4.69) is 19.1 Å². The van der Waals surface area contributed by atoms with Crippen molar-refractivity contribution in [3.8, 4) is 0 Å². The molecule has 0 N–H and O–H groups in total. The van der Waals surface area contributed by atoms with Gasteiger partial charge in [-0.3, -0.25) is 4.57 Å². The highest BCUT2D eigenvalue weighted by Gasteiger charge is 1.72. The summed E-state index contributed by atoms with van der Waals surface area (Å²) in [5.74, 6) is 0. The van der Waals surface area contributed by atoms with Gasteiger partial charge in [0.1, 0.15) is 0 Å². The lowest BCUT2D eigenvalue weighted by Gasteiger charge is -1.82. The molecule has 1 aromatic carbocycles. The molecule has 0 aliphatic heterocycles. The highest BCUT2D eigenvalue weighted by Crippen LogP contribution is 1.92. The smallest absolute Gasteiger partial charge is 0.151 e. The van der Waals surface area contributed by atoms with E-state index in [1.54, 1.807) is 6.66 Å². The predicted octanol–water partition coefficient (Wildman–Crippen LogP) is 3.54. The van der Waals surface area contributed by atoms with E-state index in [0.29, 0.717) is 0 Å². The lowest BCUT2D eigenvalue weighted by Crippen LogP contribution is -1.62. The van der Waals surface area contributed by atoms with Crippen molar-refractivity contribution in [2.45, 2.75) is 14.4 Å². The maximum Gasteiger partial charge on any atom is 0.151 e. The van der Waals surface area contributed by atoms with Crippen LogP contribution < -0.4 is 0 Å². The minimum atomic E-state index is 0. The molecule has 11 heavy (non-hydrogen) atoms. The standard InChI is InChI=1S/C7H8.CH3OP.CH4/c1-7-5-3-2-4-6-7;1-3-2;/h2-6H,1H3;1H3;1H4. The van der Waals surface area contributed by atoms with Crippen LogP contribution in [0.2, 0.25) is 0 Å². The Bertz CT molecular complexity index is 172. The van der Waals surface area contributed by atoms with Crippen LogP contribution in [-0.4, -0.2) is 6.66 Å². The zero-order valence-electron chi connectivity index (χ0n) is 6.24. The molecule has 62 valence electrons. The molecular weight excluding hydrogens is 155 g/mol. The Hall–Kier alpha value is -0.680.